The summed E-state index contributed by atoms with van der Waals surface area (Å²) in [6.07, 6.45) is -0.590. The van der Waals surface area contributed by atoms with Crippen molar-refractivity contribution in [2.24, 2.45) is 5.41 Å². The van der Waals surface area contributed by atoms with Gasteiger partial charge >= 0.3 is 0 Å². The van der Waals surface area contributed by atoms with Gasteiger partial charge in [-0.05, 0) is 34.9 Å². The maximum Gasteiger partial charge on any atom is 0.264 e. The highest BCUT2D eigenvalue weighted by molar-refractivity contribution is 5.42. The zero-order chi connectivity index (χ0) is 16.7. The molecule has 2 aliphatic rings. The Morgan fingerprint density at radius 1 is 1.12 bits per heavy atom. The lowest BCUT2D eigenvalue weighted by Crippen LogP contribution is -2.31. The number of nitrogens with zero attached hydrogens (tertiary/aromatic N) is 1. The predicted octanol–water partition coefficient (Wildman–Crippen LogP) is 5.18. The van der Waals surface area contributed by atoms with Crippen molar-refractivity contribution in [2.75, 3.05) is 13.1 Å². The Morgan fingerprint density at radius 2 is 1.92 bits per heavy atom. The van der Waals surface area contributed by atoms with E-state index in [0.717, 1.165) is 43.6 Å². The Morgan fingerprint density at radius 3 is 2.67 bits per heavy atom. The average Bonchev–Trinajstić information content (AvgIpc) is 2.91. The van der Waals surface area contributed by atoms with E-state index in [1.165, 1.54) is 5.56 Å². The van der Waals surface area contributed by atoms with Gasteiger partial charge in [0.25, 0.3) is 6.43 Å². The molecule has 2 atom stereocenters. The van der Waals surface area contributed by atoms with E-state index >= 15 is 0 Å². The van der Waals surface area contributed by atoms with E-state index in [2.05, 4.69) is 42.2 Å². The summed E-state index contributed by atoms with van der Waals surface area (Å²) in [7, 11) is 0. The van der Waals surface area contributed by atoms with Crippen LogP contribution in [0.15, 0.2) is 48.5 Å². The molecule has 2 aromatic rings. The highest BCUT2D eigenvalue weighted by Crippen LogP contribution is 2.51. The summed E-state index contributed by atoms with van der Waals surface area (Å²) in [4.78, 5) is 2.49. The maximum atomic E-state index is 13.3. The van der Waals surface area contributed by atoms with Gasteiger partial charge in [0.05, 0.1) is 0 Å². The van der Waals surface area contributed by atoms with Crippen molar-refractivity contribution >= 4 is 0 Å². The van der Waals surface area contributed by atoms with E-state index in [9.17, 15) is 8.78 Å². The molecular weight excluding hydrogens is 304 g/mol. The third-order valence-electron chi connectivity index (χ3n) is 5.92. The predicted molar refractivity (Wildman–Crippen MR) is 92.3 cm³/mol. The van der Waals surface area contributed by atoms with Crippen molar-refractivity contribution in [3.8, 4) is 0 Å². The summed E-state index contributed by atoms with van der Waals surface area (Å²) in [5.74, 6) is 0.365. The van der Waals surface area contributed by atoms with Gasteiger partial charge in [-0.1, -0.05) is 55.5 Å². The molecule has 1 heterocycles. The number of halogens is 2. The van der Waals surface area contributed by atoms with Crippen LogP contribution in [0, 0.1) is 5.41 Å². The summed E-state index contributed by atoms with van der Waals surface area (Å²) < 4.78 is 26.7. The molecule has 3 heteroatoms. The Kier molecular flexibility index (Phi) is 3.92. The van der Waals surface area contributed by atoms with Crippen LogP contribution in [0.1, 0.15) is 47.9 Å². The minimum atomic E-state index is -2.37. The molecule has 0 bridgehead atoms. The van der Waals surface area contributed by atoms with Crippen LogP contribution in [-0.2, 0) is 13.0 Å². The number of hydrogen-bond acceptors (Lipinski definition) is 1. The molecular formula is C21H23F2N. The molecule has 0 N–H and O–H groups in total. The molecule has 0 aromatic heterocycles. The summed E-state index contributed by atoms with van der Waals surface area (Å²) in [5, 5.41) is 0. The van der Waals surface area contributed by atoms with Crippen molar-refractivity contribution in [2.45, 2.75) is 38.7 Å². The SMILES string of the molecule is C[C@]12CCc3c(C(F)F)cccc3[C@H]1CN(Cc1ccccc1)C2. The molecule has 1 nitrogen and oxygen atoms in total. The molecule has 0 spiro atoms. The highest BCUT2D eigenvalue weighted by atomic mass is 19.3. The minimum Gasteiger partial charge on any atom is -0.298 e. The van der Waals surface area contributed by atoms with E-state index in [1.54, 1.807) is 6.07 Å². The van der Waals surface area contributed by atoms with Crippen LogP contribution in [0.4, 0.5) is 8.78 Å². The number of fused-ring (bicyclic) bond motifs is 3. The normalized spacial score (nSPS) is 26.4. The van der Waals surface area contributed by atoms with Gasteiger partial charge in [-0.25, -0.2) is 8.78 Å². The lowest BCUT2D eigenvalue weighted by molar-refractivity contribution is 0.148. The second kappa shape index (κ2) is 5.96. The standard InChI is InChI=1S/C21H23F2N/c1-21-11-10-16-17(8-5-9-18(16)20(22)23)19(21)13-24(14-21)12-15-6-3-2-4-7-15/h2-9,19-20H,10-14H2,1H3/t19-,21-/m1/s1. The number of likely N-dealkylation sites (tertiary alicyclic amines) is 1. The Hall–Kier alpha value is -1.74. The van der Waals surface area contributed by atoms with Crippen molar-refractivity contribution in [3.05, 3.63) is 70.8 Å². The number of alkyl halides is 2. The lowest BCUT2D eigenvalue weighted by Gasteiger charge is -2.37. The Bertz CT molecular complexity index is 728. The molecule has 1 saturated heterocycles. The fraction of sp³-hybridized carbons (Fsp3) is 0.429. The van der Waals surface area contributed by atoms with E-state index in [1.807, 2.05) is 12.1 Å². The number of hydrogen-bond donors (Lipinski definition) is 0. The Labute approximate surface area is 142 Å². The molecule has 2 aromatic carbocycles. The van der Waals surface area contributed by atoms with Gasteiger partial charge in [-0.15, -0.1) is 0 Å². The molecule has 24 heavy (non-hydrogen) atoms. The van der Waals surface area contributed by atoms with Crippen LogP contribution in [0.3, 0.4) is 0 Å². The number of benzene rings is 2. The zero-order valence-electron chi connectivity index (χ0n) is 14.0. The first-order valence-electron chi connectivity index (χ1n) is 8.73. The van der Waals surface area contributed by atoms with E-state index in [4.69, 9.17) is 0 Å². The lowest BCUT2D eigenvalue weighted by atomic mass is 9.66. The molecule has 0 saturated carbocycles. The van der Waals surface area contributed by atoms with E-state index in [0.29, 0.717) is 5.92 Å². The first kappa shape index (κ1) is 15.8. The molecule has 0 radical (unpaired) electrons. The van der Waals surface area contributed by atoms with Crippen LogP contribution in [0.2, 0.25) is 0 Å². The van der Waals surface area contributed by atoms with Gasteiger partial charge in [-0.2, -0.15) is 0 Å². The van der Waals surface area contributed by atoms with Crippen LogP contribution >= 0.6 is 0 Å². The molecule has 0 unspecified atom stereocenters. The van der Waals surface area contributed by atoms with Crippen molar-refractivity contribution in [1.82, 2.24) is 4.90 Å². The van der Waals surface area contributed by atoms with Gasteiger partial charge in [-0.3, -0.25) is 4.90 Å². The number of rotatable bonds is 3. The monoisotopic (exact) mass is 327 g/mol. The smallest absolute Gasteiger partial charge is 0.264 e. The quantitative estimate of drug-likeness (QED) is 0.751. The van der Waals surface area contributed by atoms with Crippen LogP contribution in [0.25, 0.3) is 0 Å². The van der Waals surface area contributed by atoms with E-state index < -0.39 is 6.43 Å². The topological polar surface area (TPSA) is 3.24 Å². The van der Waals surface area contributed by atoms with Gasteiger partial charge in [0.1, 0.15) is 0 Å². The Balaban J connectivity index is 1.62. The maximum absolute atomic E-state index is 13.3. The summed E-state index contributed by atoms with van der Waals surface area (Å²) in [6.45, 7) is 5.29. The van der Waals surface area contributed by atoms with Crippen molar-refractivity contribution in [1.29, 1.82) is 0 Å². The molecule has 1 fully saturated rings. The largest absolute Gasteiger partial charge is 0.298 e. The summed E-state index contributed by atoms with van der Waals surface area (Å²) in [5.41, 5.74) is 3.84. The molecule has 126 valence electrons. The van der Waals surface area contributed by atoms with Crippen LogP contribution in [-0.4, -0.2) is 18.0 Å². The average molecular weight is 327 g/mol. The first-order valence-corrected chi connectivity index (χ1v) is 8.73. The first-order chi connectivity index (χ1) is 11.6. The second-order valence-corrected chi connectivity index (χ2v) is 7.58. The second-order valence-electron chi connectivity index (χ2n) is 7.58. The van der Waals surface area contributed by atoms with Crippen LogP contribution < -0.4 is 0 Å². The third-order valence-corrected chi connectivity index (χ3v) is 5.92. The summed E-state index contributed by atoms with van der Waals surface area (Å²) in [6, 6.07) is 16.0. The summed E-state index contributed by atoms with van der Waals surface area (Å²) >= 11 is 0. The van der Waals surface area contributed by atoms with Crippen LogP contribution in [0.5, 0.6) is 0 Å². The fourth-order valence-corrected chi connectivity index (χ4v) is 4.71. The molecule has 0 amide bonds. The molecule has 1 aliphatic heterocycles. The van der Waals surface area contributed by atoms with Crippen molar-refractivity contribution < 1.29 is 8.78 Å². The minimum absolute atomic E-state index is 0.197. The molecule has 4 rings (SSSR count). The van der Waals surface area contributed by atoms with Crippen molar-refractivity contribution in [3.63, 3.8) is 0 Å². The van der Waals surface area contributed by atoms with Gasteiger partial charge in [0.15, 0.2) is 0 Å². The van der Waals surface area contributed by atoms with Gasteiger partial charge in [0.2, 0.25) is 0 Å². The molecule has 1 aliphatic carbocycles. The highest BCUT2D eigenvalue weighted by Gasteiger charge is 2.46. The van der Waals surface area contributed by atoms with Gasteiger partial charge in [0, 0.05) is 31.1 Å². The van der Waals surface area contributed by atoms with Gasteiger partial charge < -0.3 is 0 Å². The van der Waals surface area contributed by atoms with E-state index in [-0.39, 0.29) is 11.0 Å². The third kappa shape index (κ3) is 2.65. The fourth-order valence-electron chi connectivity index (χ4n) is 4.71. The zero-order valence-corrected chi connectivity index (χ0v) is 14.0.